The van der Waals surface area contributed by atoms with Crippen LogP contribution in [-0.4, -0.2) is 77.4 Å². The van der Waals surface area contributed by atoms with Gasteiger partial charge in [-0.05, 0) is 36.1 Å². The number of carboxylic acids is 1. The van der Waals surface area contributed by atoms with Crippen molar-refractivity contribution in [2.75, 3.05) is 23.8 Å². The molecule has 4 heterocycles. The molecular formula is C21H21N7O5S3. The summed E-state index contributed by atoms with van der Waals surface area (Å²) in [6.45, 7) is 1.90. The third-order valence-corrected chi connectivity index (χ3v) is 7.70. The first-order valence-corrected chi connectivity index (χ1v) is 13.5. The molecule has 4 N–H and O–H groups in total. The molecule has 1 saturated heterocycles. The number of carbonyl (C=O) groups is 3. The highest BCUT2D eigenvalue weighted by Crippen LogP contribution is 2.41. The number of nitrogens with two attached hydrogens (primary N) is 1. The molecule has 2 aliphatic rings. The van der Waals surface area contributed by atoms with E-state index in [0.29, 0.717) is 17.1 Å². The number of amides is 2. The smallest absolute Gasteiger partial charge is 0.352 e. The lowest BCUT2D eigenvalue weighted by atomic mass is 10.0. The largest absolute Gasteiger partial charge is 0.477 e. The first-order valence-electron chi connectivity index (χ1n) is 10.6. The standard InChI is InChI=1S/C21H21N7O5S3/c1-2-33-26-13(16-25-21(22)36-27-16)17(29)24-14-18(30)28-15(20(31)32)11(10-35-19(14)28)9-34-8-6-12-5-3-4-7-23-12/h3-8,14,19H,2,9-10H2,1H3,(H,24,29)(H,31,32)(H2,22,25,27)/b8-6-,26-13-. The molecule has 2 amide bonds. The van der Waals surface area contributed by atoms with E-state index in [9.17, 15) is 19.5 Å². The second kappa shape index (κ2) is 11.5. The van der Waals surface area contributed by atoms with Crippen molar-refractivity contribution in [1.29, 1.82) is 0 Å². The van der Waals surface area contributed by atoms with Crippen molar-refractivity contribution in [3.05, 3.63) is 52.6 Å². The highest BCUT2D eigenvalue weighted by Gasteiger charge is 2.54. The van der Waals surface area contributed by atoms with E-state index in [-0.39, 0.29) is 29.0 Å². The van der Waals surface area contributed by atoms with Gasteiger partial charge >= 0.3 is 5.97 Å². The molecule has 2 unspecified atom stereocenters. The van der Waals surface area contributed by atoms with Crippen molar-refractivity contribution >= 4 is 69.8 Å². The van der Waals surface area contributed by atoms with Crippen molar-refractivity contribution in [3.8, 4) is 0 Å². The Morgan fingerprint density at radius 1 is 1.44 bits per heavy atom. The Bertz CT molecular complexity index is 1250. The third kappa shape index (κ3) is 5.52. The molecular weight excluding hydrogens is 526 g/mol. The van der Waals surface area contributed by atoms with Crippen molar-refractivity contribution < 1.29 is 24.3 Å². The molecule has 1 fully saturated rings. The summed E-state index contributed by atoms with van der Waals surface area (Å²) in [6.07, 6.45) is 3.52. The molecule has 2 aromatic rings. The number of hydrogen-bond acceptors (Lipinski definition) is 12. The summed E-state index contributed by atoms with van der Waals surface area (Å²) >= 11 is 3.68. The van der Waals surface area contributed by atoms with Crippen LogP contribution in [0, 0.1) is 0 Å². The second-order valence-electron chi connectivity index (χ2n) is 7.30. The molecule has 0 bridgehead atoms. The summed E-state index contributed by atoms with van der Waals surface area (Å²) < 4.78 is 3.98. The Hall–Kier alpha value is -3.43. The van der Waals surface area contributed by atoms with E-state index in [4.69, 9.17) is 10.6 Å². The number of nitrogens with zero attached hydrogens (tertiary/aromatic N) is 5. The number of nitrogens with one attached hydrogen (secondary N) is 1. The summed E-state index contributed by atoms with van der Waals surface area (Å²) in [5.41, 5.74) is 6.75. The van der Waals surface area contributed by atoms with Gasteiger partial charge in [0.15, 0.2) is 5.13 Å². The predicted molar refractivity (Wildman–Crippen MR) is 138 cm³/mol. The number of fused-ring (bicyclic) bond motifs is 1. The van der Waals surface area contributed by atoms with Gasteiger partial charge in [0.05, 0.1) is 5.69 Å². The van der Waals surface area contributed by atoms with Gasteiger partial charge in [-0.2, -0.15) is 9.36 Å². The van der Waals surface area contributed by atoms with Crippen molar-refractivity contribution in [2.24, 2.45) is 5.16 Å². The monoisotopic (exact) mass is 547 g/mol. The van der Waals surface area contributed by atoms with Gasteiger partial charge in [0.1, 0.15) is 23.7 Å². The van der Waals surface area contributed by atoms with Crippen LogP contribution in [0.2, 0.25) is 0 Å². The molecule has 0 aliphatic carbocycles. The Morgan fingerprint density at radius 3 is 2.94 bits per heavy atom. The Balaban J connectivity index is 1.44. The van der Waals surface area contributed by atoms with Gasteiger partial charge in [-0.25, -0.2) is 4.79 Å². The number of nitrogen functional groups attached to an aromatic ring is 1. The number of aliphatic carboxylic acids is 1. The summed E-state index contributed by atoms with van der Waals surface area (Å²) in [4.78, 5) is 52.2. The van der Waals surface area contributed by atoms with E-state index in [1.165, 1.54) is 28.4 Å². The number of aromatic nitrogens is 3. The Morgan fingerprint density at radius 2 is 2.28 bits per heavy atom. The first-order chi connectivity index (χ1) is 17.4. The summed E-state index contributed by atoms with van der Waals surface area (Å²) in [5.74, 6) is -1.66. The number of thioether (sulfide) groups is 2. The van der Waals surface area contributed by atoms with E-state index >= 15 is 0 Å². The van der Waals surface area contributed by atoms with E-state index in [1.807, 2.05) is 29.7 Å². The maximum absolute atomic E-state index is 12.9. The zero-order chi connectivity index (χ0) is 25.7. The summed E-state index contributed by atoms with van der Waals surface area (Å²) in [7, 11) is 0. The highest BCUT2D eigenvalue weighted by atomic mass is 32.2. The SMILES string of the molecule is CCO/N=C(\C(=O)NC1C(=O)N2C(C(=O)O)=C(CS/C=C\c3ccccn3)CSC12)c1nsc(N)n1. The normalized spacial score (nSPS) is 19.8. The first kappa shape index (κ1) is 25.7. The molecule has 188 valence electrons. The Labute approximate surface area is 218 Å². The lowest BCUT2D eigenvalue weighted by Crippen LogP contribution is -2.71. The lowest BCUT2D eigenvalue weighted by Gasteiger charge is -2.49. The lowest BCUT2D eigenvalue weighted by molar-refractivity contribution is -0.150. The number of oxime groups is 1. The van der Waals surface area contributed by atoms with Crippen molar-refractivity contribution in [2.45, 2.75) is 18.3 Å². The number of hydrogen-bond donors (Lipinski definition) is 3. The van der Waals surface area contributed by atoms with Crippen LogP contribution >= 0.6 is 35.1 Å². The molecule has 12 nitrogen and oxygen atoms in total. The number of carbonyl (C=O) groups excluding carboxylic acids is 2. The highest BCUT2D eigenvalue weighted by molar-refractivity contribution is 8.02. The fourth-order valence-electron chi connectivity index (χ4n) is 3.39. The zero-order valence-electron chi connectivity index (χ0n) is 18.9. The van der Waals surface area contributed by atoms with Crippen LogP contribution < -0.4 is 11.1 Å². The molecule has 0 radical (unpaired) electrons. The molecule has 0 aromatic carbocycles. The number of pyridine rings is 1. The van der Waals surface area contributed by atoms with Crippen LogP contribution in [-0.2, 0) is 19.2 Å². The fourth-order valence-corrected chi connectivity index (χ4v) is 6.07. The molecule has 4 rings (SSSR count). The zero-order valence-corrected chi connectivity index (χ0v) is 21.3. The van der Waals surface area contributed by atoms with Gasteiger partial charge in [0.25, 0.3) is 11.8 Å². The van der Waals surface area contributed by atoms with Gasteiger partial charge in [-0.3, -0.25) is 19.5 Å². The second-order valence-corrected chi connectivity index (χ2v) is 10.1. The third-order valence-electron chi connectivity index (χ3n) is 4.97. The van der Waals surface area contributed by atoms with Crippen LogP contribution in [0.4, 0.5) is 5.13 Å². The Kier molecular flexibility index (Phi) is 8.22. The molecule has 2 aliphatic heterocycles. The van der Waals surface area contributed by atoms with Gasteiger partial charge in [-0.15, -0.1) is 23.5 Å². The molecule has 0 spiro atoms. The molecule has 2 atom stereocenters. The van der Waals surface area contributed by atoms with Crippen LogP contribution in [0.5, 0.6) is 0 Å². The van der Waals surface area contributed by atoms with E-state index < -0.39 is 29.2 Å². The van der Waals surface area contributed by atoms with Crippen LogP contribution in [0.25, 0.3) is 6.08 Å². The number of anilines is 1. The van der Waals surface area contributed by atoms with Crippen LogP contribution in [0.15, 0.2) is 46.2 Å². The topological polar surface area (TPSA) is 173 Å². The minimum Gasteiger partial charge on any atom is -0.477 e. The quantitative estimate of drug-likeness (QED) is 0.223. The van der Waals surface area contributed by atoms with Crippen LogP contribution in [0.3, 0.4) is 0 Å². The van der Waals surface area contributed by atoms with Crippen molar-refractivity contribution in [1.82, 2.24) is 24.6 Å². The number of carboxylic acid groups (broad SMARTS) is 1. The maximum Gasteiger partial charge on any atom is 0.352 e. The van der Waals surface area contributed by atoms with Gasteiger partial charge in [0.2, 0.25) is 11.5 Å². The predicted octanol–water partition coefficient (Wildman–Crippen LogP) is 1.40. The molecule has 0 saturated carbocycles. The number of rotatable bonds is 10. The van der Waals surface area contributed by atoms with Gasteiger partial charge < -0.3 is 21.0 Å². The van der Waals surface area contributed by atoms with E-state index in [1.54, 1.807) is 13.1 Å². The molecule has 36 heavy (non-hydrogen) atoms. The molecule has 2 aromatic heterocycles. The average molecular weight is 548 g/mol. The van der Waals surface area contributed by atoms with Gasteiger partial charge in [-0.1, -0.05) is 11.2 Å². The molecule has 15 heteroatoms. The van der Waals surface area contributed by atoms with Crippen molar-refractivity contribution in [3.63, 3.8) is 0 Å². The minimum absolute atomic E-state index is 0.0208. The summed E-state index contributed by atoms with van der Waals surface area (Å²) in [6, 6.07) is 4.62. The number of β-lactam (4-membered cyclic amide) rings is 1. The van der Waals surface area contributed by atoms with Gasteiger partial charge in [0, 0.05) is 29.2 Å². The van der Waals surface area contributed by atoms with Crippen LogP contribution in [0.1, 0.15) is 18.4 Å². The fraction of sp³-hybridized carbons (Fsp3) is 0.286. The average Bonchev–Trinajstić information content (AvgIpc) is 3.31. The maximum atomic E-state index is 12.9. The van der Waals surface area contributed by atoms with E-state index in [2.05, 4.69) is 24.8 Å². The summed E-state index contributed by atoms with van der Waals surface area (Å²) in [5, 5.41) is 17.6. The minimum atomic E-state index is -1.19. The van der Waals surface area contributed by atoms with E-state index in [0.717, 1.165) is 17.2 Å².